The third kappa shape index (κ3) is 5.90. The number of halogens is 3. The minimum atomic E-state index is -0.502. The molecule has 0 aliphatic heterocycles. The van der Waals surface area contributed by atoms with Crippen LogP contribution >= 0.6 is 47.8 Å². The van der Waals surface area contributed by atoms with E-state index in [9.17, 15) is 9.59 Å². The topological polar surface area (TPSA) is 99.4 Å². The number of rotatable bonds is 8. The van der Waals surface area contributed by atoms with Crippen LogP contribution in [0.15, 0.2) is 53.3 Å². The van der Waals surface area contributed by atoms with E-state index in [0.717, 1.165) is 14.3 Å². The van der Waals surface area contributed by atoms with Gasteiger partial charge in [0.05, 0.1) is 24.4 Å². The normalized spacial score (nSPS) is 11.0. The number of ether oxygens (including phenoxy) is 3. The van der Waals surface area contributed by atoms with E-state index in [0.29, 0.717) is 27.1 Å². The van der Waals surface area contributed by atoms with Crippen LogP contribution in [0.4, 0.5) is 0 Å². The van der Waals surface area contributed by atoms with Gasteiger partial charge in [-0.15, -0.1) is 0 Å². The van der Waals surface area contributed by atoms with Gasteiger partial charge in [-0.05, 0) is 69.1 Å². The summed E-state index contributed by atoms with van der Waals surface area (Å²) in [6.45, 7) is 1.74. The molecule has 0 saturated carbocycles. The maximum absolute atomic E-state index is 12.4. The van der Waals surface area contributed by atoms with Crippen LogP contribution in [-0.4, -0.2) is 38.4 Å². The molecule has 3 rings (SSSR count). The van der Waals surface area contributed by atoms with E-state index >= 15 is 0 Å². The number of methoxy groups -OCH3 is 1. The summed E-state index contributed by atoms with van der Waals surface area (Å²) >= 11 is 10.2. The molecule has 0 aliphatic rings. The molecule has 1 heterocycles. The van der Waals surface area contributed by atoms with Crippen molar-refractivity contribution in [3.8, 4) is 11.5 Å². The van der Waals surface area contributed by atoms with Gasteiger partial charge in [0.2, 0.25) is 0 Å². The number of carbonyl (C=O) groups excluding carboxylic acids is 2. The zero-order valence-electron chi connectivity index (χ0n) is 16.9. The molecule has 32 heavy (non-hydrogen) atoms. The van der Waals surface area contributed by atoms with E-state index < -0.39 is 11.9 Å². The van der Waals surface area contributed by atoms with E-state index in [1.165, 1.54) is 13.3 Å². The van der Waals surface area contributed by atoms with Crippen LogP contribution in [0.2, 0.25) is 0 Å². The number of esters is 1. The molecule has 1 aromatic heterocycles. The number of hydrogen-bond acceptors (Lipinski definition) is 7. The first kappa shape index (κ1) is 24.3. The van der Waals surface area contributed by atoms with Crippen molar-refractivity contribution in [2.45, 2.75) is 6.92 Å². The van der Waals surface area contributed by atoms with Crippen LogP contribution in [-0.2, 0) is 9.53 Å². The second-order valence-corrected chi connectivity index (χ2v) is 8.86. The van der Waals surface area contributed by atoms with E-state index in [1.54, 1.807) is 25.1 Å². The van der Waals surface area contributed by atoms with Crippen molar-refractivity contribution in [3.05, 3.63) is 55.1 Å². The smallest absolute Gasteiger partial charge is 0.344 e. The number of fused-ring (bicyclic) bond motifs is 1. The molecule has 8 nitrogen and oxygen atoms in total. The van der Waals surface area contributed by atoms with Crippen LogP contribution in [0.1, 0.15) is 23.0 Å². The molecule has 0 radical (unpaired) electrons. The number of hydrazone groups is 1. The zero-order chi connectivity index (χ0) is 23.3. The average molecular weight is 633 g/mol. The second-order valence-electron chi connectivity index (χ2n) is 6.23. The van der Waals surface area contributed by atoms with Gasteiger partial charge < -0.3 is 18.6 Å². The lowest BCUT2D eigenvalue weighted by atomic mass is 10.2. The third-order valence-corrected chi connectivity index (χ3v) is 5.80. The van der Waals surface area contributed by atoms with E-state index in [2.05, 4.69) is 58.3 Å². The Morgan fingerprint density at radius 3 is 2.59 bits per heavy atom. The number of hydrogen-bond donors (Lipinski definition) is 1. The maximum Gasteiger partial charge on any atom is 0.344 e. The number of amides is 1. The van der Waals surface area contributed by atoms with Crippen molar-refractivity contribution in [2.75, 3.05) is 20.3 Å². The maximum atomic E-state index is 12.4. The lowest BCUT2D eigenvalue weighted by Gasteiger charge is -2.12. The van der Waals surface area contributed by atoms with E-state index in [1.807, 2.05) is 12.1 Å². The van der Waals surface area contributed by atoms with Crippen molar-refractivity contribution in [1.29, 1.82) is 0 Å². The molecule has 0 unspecified atom stereocenters. The minimum absolute atomic E-state index is 0.121. The highest BCUT2D eigenvalue weighted by atomic mass is 79.9. The summed E-state index contributed by atoms with van der Waals surface area (Å²) in [4.78, 5) is 23.9. The molecule has 0 bridgehead atoms. The molecule has 168 valence electrons. The molecule has 1 N–H and O–H groups in total. The molecule has 0 saturated heterocycles. The standard InChI is InChI=1S/C21H17Br3N2O6/c1-3-30-19(27)10-31-17-8-14(23)12(6-16(17)29-2)9-25-26-21(28)18-5-11-4-13(22)7-15(24)20(11)32-18/h4-9H,3,10H2,1-2H3,(H,26,28)/b25-9-. The van der Waals surface area contributed by atoms with Crippen molar-refractivity contribution in [3.63, 3.8) is 0 Å². The highest BCUT2D eigenvalue weighted by Crippen LogP contribution is 2.33. The first-order chi connectivity index (χ1) is 15.3. The highest BCUT2D eigenvalue weighted by Gasteiger charge is 2.15. The van der Waals surface area contributed by atoms with Gasteiger partial charge in [-0.25, -0.2) is 10.2 Å². The summed E-state index contributed by atoms with van der Waals surface area (Å²) < 4.78 is 23.4. The number of benzene rings is 2. The fraction of sp³-hybridized carbons (Fsp3) is 0.190. The molecule has 0 spiro atoms. The Morgan fingerprint density at radius 2 is 1.88 bits per heavy atom. The molecule has 11 heteroatoms. The van der Waals surface area contributed by atoms with Gasteiger partial charge in [-0.1, -0.05) is 15.9 Å². The van der Waals surface area contributed by atoms with Crippen molar-refractivity contribution in [1.82, 2.24) is 5.43 Å². The quantitative estimate of drug-likeness (QED) is 0.202. The Kier molecular flexibility index (Phi) is 8.32. The number of carbonyl (C=O) groups is 2. The fourth-order valence-electron chi connectivity index (χ4n) is 2.66. The first-order valence-corrected chi connectivity index (χ1v) is 11.6. The van der Waals surface area contributed by atoms with Crippen molar-refractivity contribution in [2.24, 2.45) is 5.10 Å². The van der Waals surface area contributed by atoms with Crippen LogP contribution < -0.4 is 14.9 Å². The highest BCUT2D eigenvalue weighted by molar-refractivity contribution is 9.11. The Morgan fingerprint density at radius 1 is 1.09 bits per heavy atom. The molecule has 0 atom stereocenters. The summed E-state index contributed by atoms with van der Waals surface area (Å²) in [7, 11) is 1.47. The minimum Gasteiger partial charge on any atom is -0.493 e. The summed E-state index contributed by atoms with van der Waals surface area (Å²) in [5.74, 6) is -0.122. The molecular weight excluding hydrogens is 616 g/mol. The number of furan rings is 1. The average Bonchev–Trinajstić information content (AvgIpc) is 3.18. The van der Waals surface area contributed by atoms with Crippen LogP contribution in [0.3, 0.4) is 0 Å². The molecule has 1 amide bonds. The molecule has 3 aromatic rings. The van der Waals surface area contributed by atoms with Crippen LogP contribution in [0.5, 0.6) is 11.5 Å². The largest absolute Gasteiger partial charge is 0.493 e. The van der Waals surface area contributed by atoms with E-state index in [-0.39, 0.29) is 19.0 Å². The van der Waals surface area contributed by atoms with Gasteiger partial charge in [0, 0.05) is 19.9 Å². The van der Waals surface area contributed by atoms with Gasteiger partial charge in [0.25, 0.3) is 0 Å². The monoisotopic (exact) mass is 630 g/mol. The lowest BCUT2D eigenvalue weighted by molar-refractivity contribution is -0.145. The predicted molar refractivity (Wildman–Crippen MR) is 129 cm³/mol. The number of nitrogens with zero attached hydrogens (tertiary/aromatic N) is 1. The summed E-state index contributed by atoms with van der Waals surface area (Å²) in [6, 6.07) is 8.59. The number of nitrogens with one attached hydrogen (secondary N) is 1. The Bertz CT molecular complexity index is 1190. The Labute approximate surface area is 208 Å². The summed E-state index contributed by atoms with van der Waals surface area (Å²) in [6.07, 6.45) is 1.44. The predicted octanol–water partition coefficient (Wildman–Crippen LogP) is 5.43. The second kappa shape index (κ2) is 11.0. The van der Waals surface area contributed by atoms with Gasteiger partial charge in [0.15, 0.2) is 23.9 Å². The van der Waals surface area contributed by atoms with Crippen molar-refractivity contribution >= 4 is 76.9 Å². The van der Waals surface area contributed by atoms with Gasteiger partial charge >= 0.3 is 11.9 Å². The van der Waals surface area contributed by atoms with Crippen molar-refractivity contribution < 1.29 is 28.2 Å². The fourth-order valence-corrected chi connectivity index (χ4v) is 4.43. The molecule has 0 fully saturated rings. The Hall–Kier alpha value is -2.37. The first-order valence-electron chi connectivity index (χ1n) is 9.20. The van der Waals surface area contributed by atoms with E-state index in [4.69, 9.17) is 18.6 Å². The van der Waals surface area contributed by atoms with Crippen LogP contribution in [0, 0.1) is 0 Å². The molecular formula is C21H17Br3N2O6. The Balaban J connectivity index is 1.71. The summed E-state index contributed by atoms with van der Waals surface area (Å²) in [5, 5.41) is 4.76. The third-order valence-electron chi connectivity index (χ3n) is 4.06. The lowest BCUT2D eigenvalue weighted by Crippen LogP contribution is -2.17. The van der Waals surface area contributed by atoms with Gasteiger partial charge in [0.1, 0.15) is 5.58 Å². The SMILES string of the molecule is CCOC(=O)COc1cc(Br)c(/C=N\NC(=O)c2cc3cc(Br)cc(Br)c3o2)cc1OC. The van der Waals surface area contributed by atoms with Gasteiger partial charge in [-0.2, -0.15) is 5.10 Å². The summed E-state index contributed by atoms with van der Waals surface area (Å²) in [5.41, 5.74) is 3.61. The molecule has 2 aromatic carbocycles. The zero-order valence-corrected chi connectivity index (χ0v) is 21.7. The van der Waals surface area contributed by atoms with Gasteiger partial charge in [-0.3, -0.25) is 4.79 Å². The molecule has 0 aliphatic carbocycles. The van der Waals surface area contributed by atoms with Crippen LogP contribution in [0.25, 0.3) is 11.0 Å².